The van der Waals surface area contributed by atoms with E-state index in [1.165, 1.54) is 44.4 Å². The Kier molecular flexibility index (Phi) is 7.45. The average molecular weight is 452 g/mol. The second-order valence-electron chi connectivity index (χ2n) is 7.19. The summed E-state index contributed by atoms with van der Waals surface area (Å²) in [5.41, 5.74) is 2.22. The zero-order chi connectivity index (χ0) is 23.1. The number of hydrogen-bond donors (Lipinski definition) is 0. The Hall–Kier alpha value is -3.42. The van der Waals surface area contributed by atoms with Crippen LogP contribution in [0.1, 0.15) is 21.5 Å². The number of ether oxygens (including phenoxy) is 2. The smallest absolute Gasteiger partial charge is 0.242 e. The molecule has 0 unspecified atom stereocenters. The minimum Gasteiger partial charge on any atom is -0.493 e. The van der Waals surface area contributed by atoms with Crippen LogP contribution < -0.4 is 9.47 Å². The van der Waals surface area contributed by atoms with Crippen LogP contribution in [0.5, 0.6) is 11.5 Å². The van der Waals surface area contributed by atoms with E-state index in [0.717, 1.165) is 15.4 Å². The van der Waals surface area contributed by atoms with Gasteiger partial charge in [0.2, 0.25) is 10.0 Å². The number of allylic oxidation sites excluding steroid dienone is 1. The highest BCUT2D eigenvalue weighted by atomic mass is 32.2. The second-order valence-corrected chi connectivity index (χ2v) is 9.35. The summed E-state index contributed by atoms with van der Waals surface area (Å²) in [7, 11) is 0.955. The van der Waals surface area contributed by atoms with Gasteiger partial charge in [-0.05, 0) is 53.6 Å². The zero-order valence-corrected chi connectivity index (χ0v) is 19.0. The lowest BCUT2D eigenvalue weighted by atomic mass is 10.1. The van der Waals surface area contributed by atoms with Crippen LogP contribution in [0, 0.1) is 0 Å². The molecule has 3 aromatic carbocycles. The van der Waals surface area contributed by atoms with E-state index < -0.39 is 10.0 Å². The van der Waals surface area contributed by atoms with E-state index in [-0.39, 0.29) is 10.7 Å². The lowest BCUT2D eigenvalue weighted by molar-refractivity contribution is 0.104. The summed E-state index contributed by atoms with van der Waals surface area (Å²) in [6, 6.07) is 21.1. The van der Waals surface area contributed by atoms with Crippen LogP contribution >= 0.6 is 0 Å². The Bertz CT molecular complexity index is 1200. The number of ketones is 1. The van der Waals surface area contributed by atoms with E-state index in [1.807, 2.05) is 36.4 Å². The first-order chi connectivity index (χ1) is 15.3. The molecule has 0 amide bonds. The topological polar surface area (TPSA) is 72.9 Å². The number of carbonyl (C=O) groups is 1. The maximum Gasteiger partial charge on any atom is 0.242 e. The number of hydrogen-bond acceptors (Lipinski definition) is 5. The quantitative estimate of drug-likeness (QED) is 0.356. The third kappa shape index (κ3) is 5.63. The van der Waals surface area contributed by atoms with Crippen molar-refractivity contribution in [1.82, 2.24) is 4.31 Å². The maximum atomic E-state index is 12.5. The first kappa shape index (κ1) is 23.2. The van der Waals surface area contributed by atoms with Crippen LogP contribution in [0.3, 0.4) is 0 Å². The fourth-order valence-corrected chi connectivity index (χ4v) is 3.81. The van der Waals surface area contributed by atoms with Gasteiger partial charge in [-0.2, -0.15) is 0 Å². The summed E-state index contributed by atoms with van der Waals surface area (Å²) in [6.07, 6.45) is 3.12. The van der Waals surface area contributed by atoms with Crippen LogP contribution in [0.25, 0.3) is 6.08 Å². The molecule has 0 aliphatic rings. The average Bonchev–Trinajstić information content (AvgIpc) is 2.82. The zero-order valence-electron chi connectivity index (χ0n) is 18.2. The molecule has 0 spiro atoms. The van der Waals surface area contributed by atoms with Crippen molar-refractivity contribution in [3.05, 3.63) is 95.6 Å². The van der Waals surface area contributed by atoms with Gasteiger partial charge in [0.1, 0.15) is 6.61 Å². The predicted octanol–water partition coefficient (Wildman–Crippen LogP) is 4.42. The van der Waals surface area contributed by atoms with Crippen LogP contribution in [-0.4, -0.2) is 39.7 Å². The fourth-order valence-electron chi connectivity index (χ4n) is 2.91. The molecule has 6 nitrogen and oxygen atoms in total. The third-order valence-electron chi connectivity index (χ3n) is 4.77. The van der Waals surface area contributed by atoms with Gasteiger partial charge in [-0.3, -0.25) is 4.79 Å². The number of nitrogens with zero attached hydrogens (tertiary/aromatic N) is 1. The minimum atomic E-state index is -3.53. The standard InChI is InChI=1S/C25H25NO5S/c1-26(2)32(28,29)22-13-11-21(12-14-22)23(27)15-9-19-10-16-24(25(17-19)30-3)31-18-20-7-5-4-6-8-20/h4-17H,18H2,1-3H3. The Morgan fingerprint density at radius 2 is 1.62 bits per heavy atom. The monoisotopic (exact) mass is 451 g/mol. The molecule has 7 heteroatoms. The van der Waals surface area contributed by atoms with Gasteiger partial charge in [-0.25, -0.2) is 12.7 Å². The Balaban J connectivity index is 1.69. The van der Waals surface area contributed by atoms with E-state index >= 15 is 0 Å². The van der Waals surface area contributed by atoms with Crippen molar-refractivity contribution >= 4 is 21.9 Å². The fraction of sp³-hybridized carbons (Fsp3) is 0.160. The summed E-state index contributed by atoms with van der Waals surface area (Å²) < 4.78 is 36.7. The van der Waals surface area contributed by atoms with Crippen LogP contribution in [0.4, 0.5) is 0 Å². The highest BCUT2D eigenvalue weighted by Gasteiger charge is 2.17. The molecule has 0 aliphatic carbocycles. The van der Waals surface area contributed by atoms with Gasteiger partial charge in [0.05, 0.1) is 12.0 Å². The van der Waals surface area contributed by atoms with Crippen molar-refractivity contribution in [2.24, 2.45) is 0 Å². The summed E-state index contributed by atoms with van der Waals surface area (Å²) in [5.74, 6) is 0.938. The number of benzene rings is 3. The number of rotatable bonds is 9. The molecule has 0 aliphatic heterocycles. The molecule has 0 saturated heterocycles. The first-order valence-corrected chi connectivity index (χ1v) is 11.3. The number of carbonyl (C=O) groups excluding carboxylic acids is 1. The van der Waals surface area contributed by atoms with E-state index in [0.29, 0.717) is 23.7 Å². The van der Waals surface area contributed by atoms with E-state index in [9.17, 15) is 13.2 Å². The predicted molar refractivity (Wildman–Crippen MR) is 124 cm³/mol. The molecule has 3 aromatic rings. The molecule has 0 N–H and O–H groups in total. The molecule has 0 fully saturated rings. The summed E-state index contributed by atoms with van der Waals surface area (Å²) in [5, 5.41) is 0. The Morgan fingerprint density at radius 1 is 0.938 bits per heavy atom. The van der Waals surface area contributed by atoms with Crippen molar-refractivity contribution in [1.29, 1.82) is 0 Å². The molecule has 0 heterocycles. The minimum absolute atomic E-state index is 0.138. The summed E-state index contributed by atoms with van der Waals surface area (Å²) in [4.78, 5) is 12.6. The molecule has 3 rings (SSSR count). The normalized spacial score (nSPS) is 11.6. The van der Waals surface area contributed by atoms with E-state index in [2.05, 4.69) is 0 Å². The summed E-state index contributed by atoms with van der Waals surface area (Å²) in [6.45, 7) is 0.421. The van der Waals surface area contributed by atoms with Crippen molar-refractivity contribution < 1.29 is 22.7 Å². The van der Waals surface area contributed by atoms with Gasteiger partial charge >= 0.3 is 0 Å². The van der Waals surface area contributed by atoms with Gasteiger partial charge in [-0.1, -0.05) is 42.5 Å². The molecular formula is C25H25NO5S. The van der Waals surface area contributed by atoms with Gasteiger partial charge in [-0.15, -0.1) is 0 Å². The molecule has 0 aromatic heterocycles. The third-order valence-corrected chi connectivity index (χ3v) is 6.60. The summed E-state index contributed by atoms with van der Waals surface area (Å²) >= 11 is 0. The molecular weight excluding hydrogens is 426 g/mol. The van der Waals surface area contributed by atoms with Crippen LogP contribution in [-0.2, 0) is 16.6 Å². The second kappa shape index (κ2) is 10.3. The van der Waals surface area contributed by atoms with Crippen molar-refractivity contribution in [3.63, 3.8) is 0 Å². The first-order valence-electron chi connectivity index (χ1n) is 9.91. The van der Waals surface area contributed by atoms with Crippen LogP contribution in [0.2, 0.25) is 0 Å². The molecule has 0 radical (unpaired) electrons. The Labute approximate surface area is 188 Å². The highest BCUT2D eigenvalue weighted by Crippen LogP contribution is 2.29. The van der Waals surface area contributed by atoms with Crippen molar-refractivity contribution in [3.8, 4) is 11.5 Å². The Morgan fingerprint density at radius 3 is 2.25 bits per heavy atom. The van der Waals surface area contributed by atoms with Crippen molar-refractivity contribution in [2.75, 3.05) is 21.2 Å². The molecule has 32 heavy (non-hydrogen) atoms. The largest absolute Gasteiger partial charge is 0.493 e. The van der Waals surface area contributed by atoms with Crippen LogP contribution in [0.15, 0.2) is 83.8 Å². The van der Waals surface area contributed by atoms with Gasteiger partial charge in [0.25, 0.3) is 0 Å². The maximum absolute atomic E-state index is 12.5. The SMILES string of the molecule is COc1cc(C=CC(=O)c2ccc(S(=O)(=O)N(C)C)cc2)ccc1OCc1ccccc1. The van der Waals surface area contributed by atoms with E-state index in [4.69, 9.17) is 9.47 Å². The van der Waals surface area contributed by atoms with Crippen molar-refractivity contribution in [2.45, 2.75) is 11.5 Å². The highest BCUT2D eigenvalue weighted by molar-refractivity contribution is 7.89. The van der Waals surface area contributed by atoms with Gasteiger partial charge < -0.3 is 9.47 Å². The molecule has 0 saturated carbocycles. The molecule has 0 bridgehead atoms. The number of sulfonamides is 1. The lowest BCUT2D eigenvalue weighted by Crippen LogP contribution is -2.22. The molecule has 166 valence electrons. The lowest BCUT2D eigenvalue weighted by Gasteiger charge is -2.11. The molecule has 0 atom stereocenters. The van der Waals surface area contributed by atoms with E-state index in [1.54, 1.807) is 25.3 Å². The van der Waals surface area contributed by atoms with Gasteiger partial charge in [0.15, 0.2) is 17.3 Å². The number of methoxy groups -OCH3 is 1. The van der Waals surface area contributed by atoms with Gasteiger partial charge in [0, 0.05) is 19.7 Å².